The second kappa shape index (κ2) is 12.9. The Bertz CT molecular complexity index is 1420. The third-order valence-corrected chi connectivity index (χ3v) is 15.7. The molecule has 3 heteroatoms. The first-order valence-corrected chi connectivity index (χ1v) is 18.1. The number of hydrogen-bond acceptors (Lipinski definition) is 0. The van der Waals surface area contributed by atoms with Crippen LogP contribution in [0.2, 0.25) is 0 Å². The molecule has 0 aromatic heterocycles. The molecule has 0 aliphatic heterocycles. The maximum absolute atomic E-state index is 2.39. The summed E-state index contributed by atoms with van der Waals surface area (Å²) in [5, 5.41) is 8.60. The van der Waals surface area contributed by atoms with Gasteiger partial charge in [0.15, 0.2) is 0 Å². The zero-order valence-corrected chi connectivity index (χ0v) is 25.6. The fourth-order valence-electron chi connectivity index (χ4n) is 4.74. The number of rotatable bonds is 8. The molecule has 0 amide bonds. The van der Waals surface area contributed by atoms with Crippen molar-refractivity contribution < 1.29 is 0 Å². The molecule has 188 valence electrons. The minimum atomic E-state index is -0.658. The van der Waals surface area contributed by atoms with Crippen molar-refractivity contribution in [3.8, 4) is 0 Å². The van der Waals surface area contributed by atoms with E-state index in [0.29, 0.717) is 0 Å². The predicted molar refractivity (Wildman–Crippen MR) is 175 cm³/mol. The van der Waals surface area contributed by atoms with Crippen LogP contribution in [0.15, 0.2) is 170 Å². The average molecular weight is 650 g/mol. The molecular weight excluding hydrogens is 622 g/mol. The first kappa shape index (κ1) is 26.2. The Kier molecular flexibility index (Phi) is 8.66. The maximum atomic E-state index is 2.39. The summed E-state index contributed by atoms with van der Waals surface area (Å²) in [6, 6.07) is 62.7. The summed E-state index contributed by atoms with van der Waals surface area (Å²) in [5.41, 5.74) is 0. The van der Waals surface area contributed by atoms with Crippen LogP contribution in [0, 0.1) is 0 Å². The molecule has 0 fully saturated rings. The first-order valence-electron chi connectivity index (χ1n) is 13.0. The average Bonchev–Trinajstić information content (AvgIpc) is 3.01. The van der Waals surface area contributed by atoms with Crippen LogP contribution in [-0.2, 0) is 0 Å². The molecule has 0 heterocycles. The fraction of sp³-hybridized carbons (Fsp3) is 0. The van der Waals surface area contributed by atoms with Gasteiger partial charge in [-0.25, -0.2) is 0 Å². The molecule has 0 atom stereocenters. The molecule has 39 heavy (non-hydrogen) atoms. The van der Waals surface area contributed by atoms with Crippen LogP contribution in [0.4, 0.5) is 0 Å². The van der Waals surface area contributed by atoms with Crippen molar-refractivity contribution in [2.45, 2.75) is 0 Å². The van der Waals surface area contributed by atoms with E-state index in [9.17, 15) is 0 Å². The van der Waals surface area contributed by atoms with E-state index in [1.54, 1.807) is 0 Å². The van der Waals surface area contributed by atoms with E-state index in [1.807, 2.05) is 0 Å². The second-order valence-electron chi connectivity index (χ2n) is 9.05. The summed E-state index contributed by atoms with van der Waals surface area (Å²) in [4.78, 5) is 0. The third-order valence-electron chi connectivity index (χ3n) is 6.49. The van der Waals surface area contributed by atoms with E-state index in [4.69, 9.17) is 0 Å². The van der Waals surface area contributed by atoms with E-state index in [-0.39, 0.29) is 0 Å². The van der Waals surface area contributed by atoms with E-state index in [0.717, 1.165) is 0 Å². The van der Waals surface area contributed by atoms with Crippen molar-refractivity contribution in [1.29, 1.82) is 0 Å². The molecule has 0 spiro atoms. The molecule has 0 N–H and O–H groups in total. The molecule has 0 saturated carbocycles. The van der Waals surface area contributed by atoms with Gasteiger partial charge in [-0.15, -0.1) is 0 Å². The van der Waals surface area contributed by atoms with Gasteiger partial charge in [0.1, 0.15) is 0 Å². The molecule has 0 aliphatic carbocycles. The Morgan fingerprint density at radius 2 is 0.538 bits per heavy atom. The second-order valence-corrected chi connectivity index (χ2v) is 16.5. The molecule has 0 unspecified atom stereocenters. The first-order chi connectivity index (χ1) is 19.4. The van der Waals surface area contributed by atoms with E-state index in [2.05, 4.69) is 170 Å². The van der Waals surface area contributed by atoms with Crippen molar-refractivity contribution in [2.75, 3.05) is 0 Å². The Morgan fingerprint density at radius 1 is 0.282 bits per heavy atom. The zero-order valence-electron chi connectivity index (χ0n) is 21.5. The Morgan fingerprint density at radius 3 is 0.846 bits per heavy atom. The summed E-state index contributed by atoms with van der Waals surface area (Å²) in [6.07, 6.45) is 0. The van der Waals surface area contributed by atoms with Gasteiger partial charge < -0.3 is 0 Å². The van der Waals surface area contributed by atoms with Gasteiger partial charge in [0, 0.05) is 0 Å². The van der Waals surface area contributed by atoms with Gasteiger partial charge in [-0.05, 0) is 0 Å². The standard InChI is InChI=1S/C36H28P2Te/c1-5-17-29(18-6-1)37(30-19-7-2-8-20-30)33-25-13-15-27-35(33)39-36-28-16-14-26-34(36)38(31-21-9-3-10-22-31)32-23-11-4-12-24-32/h1-28H. The molecule has 6 aromatic carbocycles. The summed E-state index contributed by atoms with van der Waals surface area (Å²) < 4.78 is 3.07. The SMILES string of the molecule is c1ccc(P(c2ccccc2)c2ccccc2[Te]c2ccccc2P(c2ccccc2)c2ccccc2)cc1. The fourth-order valence-corrected chi connectivity index (χ4v) is 14.1. The van der Waals surface area contributed by atoms with E-state index < -0.39 is 36.8 Å². The normalized spacial score (nSPS) is 11.1. The molecular formula is C36H28P2Te. The van der Waals surface area contributed by atoms with Crippen molar-refractivity contribution in [3.63, 3.8) is 0 Å². The van der Waals surface area contributed by atoms with Crippen LogP contribution in [-0.4, -0.2) is 20.9 Å². The summed E-state index contributed by atoms with van der Waals surface area (Å²) in [6.45, 7) is 0. The van der Waals surface area contributed by atoms with Gasteiger partial charge in [0.2, 0.25) is 0 Å². The van der Waals surface area contributed by atoms with Gasteiger partial charge >= 0.3 is 246 Å². The Labute approximate surface area is 244 Å². The summed E-state index contributed by atoms with van der Waals surface area (Å²) in [5.74, 6) is 0. The predicted octanol–water partition coefficient (Wildman–Crippen LogP) is 4.86. The van der Waals surface area contributed by atoms with Gasteiger partial charge in [-0.3, -0.25) is 0 Å². The van der Waals surface area contributed by atoms with E-state index in [1.165, 1.54) is 39.1 Å². The molecule has 0 saturated heterocycles. The summed E-state index contributed by atoms with van der Waals surface area (Å²) >= 11 is -0.658. The van der Waals surface area contributed by atoms with Crippen LogP contribution < -0.4 is 39.1 Å². The van der Waals surface area contributed by atoms with Crippen LogP contribution in [0.25, 0.3) is 0 Å². The quantitative estimate of drug-likeness (QED) is 0.163. The van der Waals surface area contributed by atoms with Crippen molar-refractivity contribution in [1.82, 2.24) is 0 Å². The molecule has 0 bridgehead atoms. The minimum absolute atomic E-state index is 0.638. The Balaban J connectivity index is 1.46. The van der Waals surface area contributed by atoms with Crippen LogP contribution >= 0.6 is 15.8 Å². The number of benzene rings is 6. The van der Waals surface area contributed by atoms with Gasteiger partial charge in [-0.2, -0.15) is 0 Å². The zero-order chi connectivity index (χ0) is 26.3. The Hall–Kier alpha value is -3.03. The van der Waals surface area contributed by atoms with Crippen molar-refractivity contribution in [2.24, 2.45) is 0 Å². The molecule has 6 aromatic rings. The van der Waals surface area contributed by atoms with Crippen LogP contribution in [0.1, 0.15) is 0 Å². The number of hydrogen-bond donors (Lipinski definition) is 0. The van der Waals surface area contributed by atoms with Crippen LogP contribution in [0.5, 0.6) is 0 Å². The van der Waals surface area contributed by atoms with Gasteiger partial charge in [0.05, 0.1) is 0 Å². The third kappa shape index (κ3) is 6.10. The van der Waals surface area contributed by atoms with Gasteiger partial charge in [-0.1, -0.05) is 0 Å². The molecule has 0 aliphatic rings. The van der Waals surface area contributed by atoms with Gasteiger partial charge in [0.25, 0.3) is 0 Å². The van der Waals surface area contributed by atoms with Crippen molar-refractivity contribution >= 4 is 75.8 Å². The van der Waals surface area contributed by atoms with E-state index >= 15 is 0 Å². The summed E-state index contributed by atoms with van der Waals surface area (Å²) in [7, 11) is -1.28. The van der Waals surface area contributed by atoms with Crippen LogP contribution in [0.3, 0.4) is 0 Å². The topological polar surface area (TPSA) is 0 Å². The van der Waals surface area contributed by atoms with Crippen molar-refractivity contribution in [3.05, 3.63) is 170 Å². The molecule has 0 nitrogen and oxygen atoms in total. The molecule has 0 radical (unpaired) electrons. The monoisotopic (exact) mass is 652 g/mol. The molecule has 6 rings (SSSR count).